The van der Waals surface area contributed by atoms with Gasteiger partial charge in [-0.2, -0.15) is 0 Å². The molecule has 4 heterocycles. The first kappa shape index (κ1) is 19.3. The van der Waals surface area contributed by atoms with Crippen LogP contribution in [0.25, 0.3) is 31.9 Å². The Kier molecular flexibility index (Phi) is 4.71. The SMILES string of the molecule is Cc1noc2nc(C(C)C)cc(C(=O)Nc3ccc(-c4nc5ccccc5s4)cn3)c12. The van der Waals surface area contributed by atoms with Gasteiger partial charge in [-0.05, 0) is 43.2 Å². The zero-order valence-corrected chi connectivity index (χ0v) is 18.0. The third-order valence-corrected chi connectivity index (χ3v) is 6.10. The molecule has 1 amide bonds. The van der Waals surface area contributed by atoms with E-state index in [1.807, 2.05) is 44.2 Å². The topological polar surface area (TPSA) is 93.8 Å². The first-order valence-electron chi connectivity index (χ1n) is 9.90. The minimum absolute atomic E-state index is 0.146. The summed E-state index contributed by atoms with van der Waals surface area (Å²) >= 11 is 1.61. The molecule has 5 aromatic rings. The summed E-state index contributed by atoms with van der Waals surface area (Å²) < 4.78 is 6.43. The average Bonchev–Trinajstić information content (AvgIpc) is 3.37. The Balaban J connectivity index is 1.44. The van der Waals surface area contributed by atoms with Crippen molar-refractivity contribution in [1.82, 2.24) is 20.1 Å². The van der Waals surface area contributed by atoms with Crippen LogP contribution in [0.5, 0.6) is 0 Å². The monoisotopic (exact) mass is 429 g/mol. The number of hydrogen-bond donors (Lipinski definition) is 1. The number of thiazole rings is 1. The van der Waals surface area contributed by atoms with E-state index in [4.69, 9.17) is 4.52 Å². The minimum Gasteiger partial charge on any atom is -0.336 e. The van der Waals surface area contributed by atoms with Crippen LogP contribution in [0.4, 0.5) is 5.82 Å². The van der Waals surface area contributed by atoms with E-state index in [1.54, 1.807) is 36.6 Å². The molecular formula is C23H19N5O2S. The minimum atomic E-state index is -0.277. The number of rotatable bonds is 4. The maximum Gasteiger partial charge on any atom is 0.259 e. The second-order valence-electron chi connectivity index (χ2n) is 7.57. The fourth-order valence-corrected chi connectivity index (χ4v) is 4.32. The Morgan fingerprint density at radius 3 is 2.71 bits per heavy atom. The molecule has 0 atom stereocenters. The lowest BCUT2D eigenvalue weighted by Crippen LogP contribution is -2.14. The van der Waals surface area contributed by atoms with E-state index in [0.29, 0.717) is 28.2 Å². The number of hydrogen-bond acceptors (Lipinski definition) is 7. The first-order chi connectivity index (χ1) is 15.0. The maximum absolute atomic E-state index is 13.1. The van der Waals surface area contributed by atoms with Crippen molar-refractivity contribution in [3.8, 4) is 10.6 Å². The van der Waals surface area contributed by atoms with Crippen LogP contribution in [0, 0.1) is 6.92 Å². The number of para-hydroxylation sites is 1. The zero-order valence-electron chi connectivity index (χ0n) is 17.2. The van der Waals surface area contributed by atoms with Crippen molar-refractivity contribution in [3.05, 3.63) is 65.6 Å². The summed E-state index contributed by atoms with van der Waals surface area (Å²) in [5, 5.41) is 8.36. The molecule has 154 valence electrons. The van der Waals surface area contributed by atoms with Crippen molar-refractivity contribution in [3.63, 3.8) is 0 Å². The number of benzene rings is 1. The third-order valence-electron chi connectivity index (χ3n) is 5.02. The van der Waals surface area contributed by atoms with Gasteiger partial charge in [-0.25, -0.2) is 15.0 Å². The molecule has 31 heavy (non-hydrogen) atoms. The Hall–Kier alpha value is -3.65. The quantitative estimate of drug-likeness (QED) is 0.401. The summed E-state index contributed by atoms with van der Waals surface area (Å²) in [6, 6.07) is 13.5. The molecule has 8 heteroatoms. The predicted octanol–water partition coefficient (Wildman–Crippen LogP) is 5.58. The Morgan fingerprint density at radius 1 is 1.13 bits per heavy atom. The highest BCUT2D eigenvalue weighted by Crippen LogP contribution is 2.30. The molecule has 0 aliphatic rings. The summed E-state index contributed by atoms with van der Waals surface area (Å²) in [7, 11) is 0. The van der Waals surface area contributed by atoms with Crippen molar-refractivity contribution in [2.75, 3.05) is 5.32 Å². The lowest BCUT2D eigenvalue weighted by Gasteiger charge is -2.09. The zero-order chi connectivity index (χ0) is 21.5. The van der Waals surface area contributed by atoms with Gasteiger partial charge in [-0.1, -0.05) is 31.1 Å². The smallest absolute Gasteiger partial charge is 0.259 e. The number of carbonyl (C=O) groups excluding carboxylic acids is 1. The fourth-order valence-electron chi connectivity index (χ4n) is 3.36. The van der Waals surface area contributed by atoms with Crippen LogP contribution in [0.15, 0.2) is 53.2 Å². The Bertz CT molecular complexity index is 1390. The summed E-state index contributed by atoms with van der Waals surface area (Å²) in [4.78, 5) is 26.6. The van der Waals surface area contributed by atoms with Crippen LogP contribution in [0.2, 0.25) is 0 Å². The Morgan fingerprint density at radius 2 is 1.97 bits per heavy atom. The van der Waals surface area contributed by atoms with Gasteiger partial charge in [0, 0.05) is 17.5 Å². The molecule has 0 fully saturated rings. The highest BCUT2D eigenvalue weighted by atomic mass is 32.1. The van der Waals surface area contributed by atoms with E-state index in [9.17, 15) is 4.79 Å². The molecule has 7 nitrogen and oxygen atoms in total. The van der Waals surface area contributed by atoms with E-state index >= 15 is 0 Å². The molecule has 0 unspecified atom stereocenters. The molecule has 0 spiro atoms. The Labute approximate surface area is 182 Å². The molecule has 0 saturated heterocycles. The van der Waals surface area contributed by atoms with Crippen molar-refractivity contribution >= 4 is 44.4 Å². The molecule has 1 aromatic carbocycles. The lowest BCUT2D eigenvalue weighted by molar-refractivity contribution is 0.102. The van der Waals surface area contributed by atoms with Crippen LogP contribution in [-0.4, -0.2) is 26.0 Å². The summed E-state index contributed by atoms with van der Waals surface area (Å²) in [5.41, 5.74) is 4.11. The number of nitrogens with one attached hydrogen (secondary N) is 1. The van der Waals surface area contributed by atoms with Crippen molar-refractivity contribution in [2.24, 2.45) is 0 Å². The first-order valence-corrected chi connectivity index (χ1v) is 10.7. The van der Waals surface area contributed by atoms with E-state index in [1.165, 1.54) is 0 Å². The van der Waals surface area contributed by atoms with Gasteiger partial charge in [0.15, 0.2) is 0 Å². The normalized spacial score (nSPS) is 11.5. The summed E-state index contributed by atoms with van der Waals surface area (Å²) in [5.74, 6) is 0.327. The molecule has 0 aliphatic carbocycles. The van der Waals surface area contributed by atoms with Crippen LogP contribution < -0.4 is 5.32 Å². The van der Waals surface area contributed by atoms with Gasteiger partial charge in [0.05, 0.1) is 26.9 Å². The molecular weight excluding hydrogens is 410 g/mol. The number of pyridine rings is 2. The highest BCUT2D eigenvalue weighted by Gasteiger charge is 2.20. The lowest BCUT2D eigenvalue weighted by atomic mass is 10.0. The number of aromatic nitrogens is 4. The van der Waals surface area contributed by atoms with Gasteiger partial charge in [0.25, 0.3) is 11.6 Å². The van der Waals surface area contributed by atoms with Crippen LogP contribution in [0.3, 0.4) is 0 Å². The fraction of sp³-hybridized carbons (Fsp3) is 0.174. The van der Waals surface area contributed by atoms with Crippen molar-refractivity contribution < 1.29 is 9.32 Å². The van der Waals surface area contributed by atoms with Crippen LogP contribution >= 0.6 is 11.3 Å². The molecule has 0 saturated carbocycles. The summed E-state index contributed by atoms with van der Waals surface area (Å²) in [6.07, 6.45) is 1.72. The molecule has 4 aromatic heterocycles. The van der Waals surface area contributed by atoms with E-state index in [2.05, 4.69) is 25.4 Å². The van der Waals surface area contributed by atoms with Gasteiger partial charge in [-0.3, -0.25) is 4.79 Å². The number of aryl methyl sites for hydroxylation is 1. The van der Waals surface area contributed by atoms with Gasteiger partial charge in [-0.15, -0.1) is 11.3 Å². The maximum atomic E-state index is 13.1. The van der Waals surface area contributed by atoms with Crippen LogP contribution in [-0.2, 0) is 0 Å². The number of fused-ring (bicyclic) bond motifs is 2. The van der Waals surface area contributed by atoms with Gasteiger partial charge in [0.1, 0.15) is 10.8 Å². The predicted molar refractivity (Wildman–Crippen MR) is 121 cm³/mol. The van der Waals surface area contributed by atoms with Gasteiger partial charge >= 0.3 is 0 Å². The van der Waals surface area contributed by atoms with E-state index < -0.39 is 0 Å². The standard InChI is InChI=1S/C23H19N5O2S/c1-12(2)17-10-15(20-13(3)28-30-22(20)25-17)21(29)27-19-9-8-14(11-24-19)23-26-16-6-4-5-7-18(16)31-23/h4-12H,1-3H3,(H,24,27,29). The largest absolute Gasteiger partial charge is 0.336 e. The number of nitrogens with zero attached hydrogens (tertiary/aromatic N) is 4. The molecule has 1 N–H and O–H groups in total. The summed E-state index contributed by atoms with van der Waals surface area (Å²) in [6.45, 7) is 5.83. The molecule has 5 rings (SSSR count). The number of carbonyl (C=O) groups is 1. The van der Waals surface area contributed by atoms with Gasteiger partial charge in [0.2, 0.25) is 0 Å². The molecule has 0 radical (unpaired) electrons. The van der Waals surface area contributed by atoms with Gasteiger partial charge < -0.3 is 9.84 Å². The highest BCUT2D eigenvalue weighted by molar-refractivity contribution is 7.21. The van der Waals surface area contributed by atoms with E-state index in [0.717, 1.165) is 26.5 Å². The van der Waals surface area contributed by atoms with Crippen molar-refractivity contribution in [2.45, 2.75) is 26.7 Å². The third kappa shape index (κ3) is 3.55. The van der Waals surface area contributed by atoms with Crippen molar-refractivity contribution in [1.29, 1.82) is 0 Å². The molecule has 0 bridgehead atoms. The van der Waals surface area contributed by atoms with Crippen LogP contribution in [0.1, 0.15) is 41.5 Å². The second kappa shape index (κ2) is 7.55. The molecule has 0 aliphatic heterocycles. The average molecular weight is 430 g/mol. The van der Waals surface area contributed by atoms with E-state index in [-0.39, 0.29) is 11.8 Å². The number of anilines is 1. The second-order valence-corrected chi connectivity index (χ2v) is 8.60. The number of amides is 1.